The van der Waals surface area contributed by atoms with Crippen molar-refractivity contribution < 1.29 is 18.0 Å². The smallest absolute Gasteiger partial charge is 0.313 e. The molecule has 1 aliphatic heterocycles. The van der Waals surface area contributed by atoms with Crippen molar-refractivity contribution in [1.82, 2.24) is 14.8 Å². The fraction of sp³-hybridized carbons (Fsp3) is 0.333. The molecule has 3 aromatic rings. The Hall–Kier alpha value is -3.15. The van der Waals surface area contributed by atoms with Crippen LogP contribution in [0.15, 0.2) is 58.3 Å². The van der Waals surface area contributed by atoms with Crippen LogP contribution in [0.5, 0.6) is 0 Å². The van der Waals surface area contributed by atoms with Crippen molar-refractivity contribution in [2.24, 2.45) is 7.05 Å². The van der Waals surface area contributed by atoms with Gasteiger partial charge >= 0.3 is 11.8 Å². The molecular formula is C24H29N5O4S2. The van der Waals surface area contributed by atoms with E-state index in [9.17, 15) is 18.0 Å². The van der Waals surface area contributed by atoms with E-state index in [0.29, 0.717) is 24.3 Å². The first-order valence-corrected chi connectivity index (χ1v) is 13.6. The minimum absolute atomic E-state index is 0.105. The van der Waals surface area contributed by atoms with Crippen LogP contribution in [-0.2, 0) is 33.1 Å². The number of nitrogens with one attached hydrogen (secondary N) is 2. The highest BCUT2D eigenvalue weighted by atomic mass is 32.2. The molecule has 3 heterocycles. The minimum atomic E-state index is -3.69. The van der Waals surface area contributed by atoms with E-state index in [2.05, 4.69) is 10.6 Å². The number of amides is 2. The van der Waals surface area contributed by atoms with E-state index in [1.807, 2.05) is 48.9 Å². The van der Waals surface area contributed by atoms with Gasteiger partial charge in [-0.25, -0.2) is 8.42 Å². The first kappa shape index (κ1) is 25.0. The summed E-state index contributed by atoms with van der Waals surface area (Å²) in [4.78, 5) is 27.1. The Morgan fingerprint density at radius 1 is 1.14 bits per heavy atom. The Morgan fingerprint density at radius 2 is 1.94 bits per heavy atom. The normalized spacial score (nSPS) is 14.5. The van der Waals surface area contributed by atoms with Crippen LogP contribution in [0.1, 0.15) is 23.7 Å². The van der Waals surface area contributed by atoms with E-state index in [-0.39, 0.29) is 16.8 Å². The van der Waals surface area contributed by atoms with Crippen molar-refractivity contribution >= 4 is 44.5 Å². The van der Waals surface area contributed by atoms with Crippen molar-refractivity contribution in [2.75, 3.05) is 36.8 Å². The van der Waals surface area contributed by atoms with Crippen LogP contribution in [0.4, 0.5) is 11.4 Å². The van der Waals surface area contributed by atoms with E-state index in [1.54, 1.807) is 35.7 Å². The summed E-state index contributed by atoms with van der Waals surface area (Å²) in [5.74, 6) is -1.57. The number of aromatic nitrogens is 1. The van der Waals surface area contributed by atoms with Crippen LogP contribution in [-0.4, -0.2) is 56.9 Å². The molecule has 0 saturated heterocycles. The molecule has 0 bridgehead atoms. The molecule has 35 heavy (non-hydrogen) atoms. The molecule has 0 aliphatic carbocycles. The highest BCUT2D eigenvalue weighted by Gasteiger charge is 2.30. The second-order valence-electron chi connectivity index (χ2n) is 8.64. The summed E-state index contributed by atoms with van der Waals surface area (Å²) < 4.78 is 29.9. The second kappa shape index (κ2) is 10.2. The molecule has 11 heteroatoms. The van der Waals surface area contributed by atoms with E-state index >= 15 is 0 Å². The molecule has 4 rings (SSSR count). The van der Waals surface area contributed by atoms with Gasteiger partial charge in [0.25, 0.3) is 10.0 Å². The van der Waals surface area contributed by atoms with Gasteiger partial charge in [-0.05, 0) is 68.2 Å². The average molecular weight is 516 g/mol. The predicted molar refractivity (Wildman–Crippen MR) is 137 cm³/mol. The lowest BCUT2D eigenvalue weighted by Crippen LogP contribution is -2.40. The summed E-state index contributed by atoms with van der Waals surface area (Å²) in [6.45, 7) is 0.615. The fourth-order valence-corrected chi connectivity index (χ4v) is 6.85. The van der Waals surface area contributed by atoms with Gasteiger partial charge in [0, 0.05) is 37.7 Å². The number of nitrogens with zero attached hydrogens (tertiary/aromatic N) is 3. The molecule has 0 fully saturated rings. The Balaban J connectivity index is 1.46. The SMILES string of the molecule is CN(C)C(CNC(=O)C(=O)Nc1ccc2c(c1)N(S(=O)(=O)c1cccs1)CCC2)c1cccn1C. The van der Waals surface area contributed by atoms with Gasteiger partial charge in [0.05, 0.1) is 11.7 Å². The Kier molecular flexibility index (Phi) is 7.29. The maximum Gasteiger partial charge on any atom is 0.313 e. The zero-order valence-electron chi connectivity index (χ0n) is 19.9. The average Bonchev–Trinajstić information content (AvgIpc) is 3.51. The summed E-state index contributed by atoms with van der Waals surface area (Å²) in [6, 6.07) is 12.2. The lowest BCUT2D eigenvalue weighted by atomic mass is 10.0. The third kappa shape index (κ3) is 5.26. The lowest BCUT2D eigenvalue weighted by molar-refractivity contribution is -0.136. The van der Waals surface area contributed by atoms with Gasteiger partial charge in [-0.1, -0.05) is 12.1 Å². The highest BCUT2D eigenvalue weighted by molar-refractivity contribution is 7.94. The fourth-order valence-electron chi connectivity index (χ4n) is 4.22. The second-order valence-corrected chi connectivity index (χ2v) is 11.7. The quantitative estimate of drug-likeness (QED) is 0.471. The zero-order chi connectivity index (χ0) is 25.2. The van der Waals surface area contributed by atoms with Crippen LogP contribution in [0.2, 0.25) is 0 Å². The summed E-state index contributed by atoms with van der Waals surface area (Å²) >= 11 is 1.17. The molecule has 2 aromatic heterocycles. The first-order valence-electron chi connectivity index (χ1n) is 11.2. The number of hydrogen-bond acceptors (Lipinski definition) is 6. The van der Waals surface area contributed by atoms with Gasteiger partial charge in [-0.3, -0.25) is 18.8 Å². The minimum Gasteiger partial charge on any atom is -0.353 e. The maximum atomic E-state index is 13.2. The lowest BCUT2D eigenvalue weighted by Gasteiger charge is -2.30. The van der Waals surface area contributed by atoms with Crippen molar-refractivity contribution in [3.8, 4) is 0 Å². The van der Waals surface area contributed by atoms with Crippen molar-refractivity contribution in [3.05, 3.63) is 65.3 Å². The number of hydrogen-bond donors (Lipinski definition) is 2. The molecule has 186 valence electrons. The zero-order valence-corrected chi connectivity index (χ0v) is 21.5. The molecule has 0 saturated carbocycles. The molecule has 0 spiro atoms. The summed E-state index contributed by atoms with van der Waals surface area (Å²) in [5, 5.41) is 7.04. The molecule has 1 atom stereocenters. The van der Waals surface area contributed by atoms with Crippen molar-refractivity contribution in [1.29, 1.82) is 0 Å². The molecule has 1 aromatic carbocycles. The first-order chi connectivity index (χ1) is 16.7. The molecule has 0 radical (unpaired) electrons. The van der Waals surface area contributed by atoms with Crippen LogP contribution in [0.25, 0.3) is 0 Å². The van der Waals surface area contributed by atoms with E-state index < -0.39 is 21.8 Å². The van der Waals surface area contributed by atoms with Gasteiger partial charge in [0.15, 0.2) is 0 Å². The molecule has 2 amide bonds. The van der Waals surface area contributed by atoms with Crippen molar-refractivity contribution in [2.45, 2.75) is 23.1 Å². The summed E-state index contributed by atoms with van der Waals surface area (Å²) in [6.07, 6.45) is 3.38. The third-order valence-electron chi connectivity index (χ3n) is 6.07. The number of thiophene rings is 1. The number of benzene rings is 1. The van der Waals surface area contributed by atoms with Gasteiger partial charge in [0.1, 0.15) is 4.21 Å². The Labute approximate surface area is 209 Å². The van der Waals surface area contributed by atoms with Crippen LogP contribution in [0, 0.1) is 0 Å². The maximum absolute atomic E-state index is 13.2. The number of carbonyl (C=O) groups is 2. The topological polar surface area (TPSA) is 104 Å². The van der Waals surface area contributed by atoms with Crippen molar-refractivity contribution in [3.63, 3.8) is 0 Å². The number of fused-ring (bicyclic) bond motifs is 1. The standard InChI is InChI=1S/C24H29N5O4S2/c1-27(2)21(19-8-5-12-28(19)3)16-25-23(30)24(31)26-18-11-10-17-7-4-13-29(20(17)15-18)35(32,33)22-9-6-14-34-22/h5-6,8-12,14-15,21H,4,7,13,16H2,1-3H3,(H,25,30)(H,26,31). The van der Waals surface area contributed by atoms with E-state index in [1.165, 1.54) is 15.6 Å². The highest BCUT2D eigenvalue weighted by Crippen LogP contribution is 2.35. The van der Waals surface area contributed by atoms with Gasteiger partial charge in [-0.15, -0.1) is 11.3 Å². The molecule has 2 N–H and O–H groups in total. The number of sulfonamides is 1. The number of rotatable bonds is 7. The number of carbonyl (C=O) groups excluding carboxylic acids is 2. The predicted octanol–water partition coefficient (Wildman–Crippen LogP) is 2.59. The Morgan fingerprint density at radius 3 is 2.60 bits per heavy atom. The number of aryl methyl sites for hydroxylation is 2. The Bertz CT molecular complexity index is 1320. The molecule has 9 nitrogen and oxygen atoms in total. The molecule has 1 aliphatic rings. The largest absolute Gasteiger partial charge is 0.353 e. The van der Waals surface area contributed by atoms with E-state index in [4.69, 9.17) is 0 Å². The summed E-state index contributed by atoms with van der Waals surface area (Å²) in [7, 11) is 2.06. The monoisotopic (exact) mass is 515 g/mol. The van der Waals surface area contributed by atoms with Gasteiger partial charge in [0.2, 0.25) is 0 Å². The third-order valence-corrected chi connectivity index (χ3v) is 9.26. The van der Waals surface area contributed by atoms with Crippen LogP contribution >= 0.6 is 11.3 Å². The van der Waals surface area contributed by atoms with Gasteiger partial charge < -0.3 is 15.2 Å². The van der Waals surface area contributed by atoms with Crippen LogP contribution < -0.4 is 14.9 Å². The number of anilines is 2. The molecular weight excluding hydrogens is 486 g/mol. The molecule has 1 unspecified atom stereocenters. The number of likely N-dealkylation sites (N-methyl/N-ethyl adjacent to an activating group) is 1. The summed E-state index contributed by atoms with van der Waals surface area (Å²) in [5.41, 5.74) is 2.79. The van der Waals surface area contributed by atoms with Gasteiger partial charge in [-0.2, -0.15) is 0 Å². The van der Waals surface area contributed by atoms with Crippen LogP contribution in [0.3, 0.4) is 0 Å². The van der Waals surface area contributed by atoms with E-state index in [0.717, 1.165) is 17.7 Å².